The number of hydrogen-bond acceptors (Lipinski definition) is 2. The Bertz CT molecular complexity index is 725. The number of rotatable bonds is 4. The molecular formula is C18H19N3O2. The Balaban J connectivity index is 1.62. The Morgan fingerprint density at radius 2 is 2.00 bits per heavy atom. The lowest BCUT2D eigenvalue weighted by molar-refractivity contribution is 0.0951. The molecule has 1 fully saturated rings. The number of nitrogens with one attached hydrogen (secondary N) is 2. The first-order valence-corrected chi connectivity index (χ1v) is 7.63. The van der Waals surface area contributed by atoms with Crippen LogP contribution >= 0.6 is 0 Å². The van der Waals surface area contributed by atoms with Crippen LogP contribution in [0.3, 0.4) is 0 Å². The first-order chi connectivity index (χ1) is 11.1. The summed E-state index contributed by atoms with van der Waals surface area (Å²) in [6.45, 7) is 3.82. The quantitative estimate of drug-likeness (QED) is 0.911. The van der Waals surface area contributed by atoms with Gasteiger partial charge in [-0.3, -0.25) is 9.69 Å². The Labute approximate surface area is 135 Å². The van der Waals surface area contributed by atoms with Crippen LogP contribution in [0.2, 0.25) is 0 Å². The average Bonchev–Trinajstić information content (AvgIpc) is 2.99. The van der Waals surface area contributed by atoms with Crippen molar-refractivity contribution < 1.29 is 9.59 Å². The van der Waals surface area contributed by atoms with E-state index >= 15 is 0 Å². The van der Waals surface area contributed by atoms with Gasteiger partial charge in [0.25, 0.3) is 5.91 Å². The molecule has 2 aromatic carbocycles. The molecule has 118 valence electrons. The number of amides is 3. The summed E-state index contributed by atoms with van der Waals surface area (Å²) in [7, 11) is 0. The number of aryl methyl sites for hydroxylation is 1. The topological polar surface area (TPSA) is 61.4 Å². The van der Waals surface area contributed by atoms with E-state index in [-0.39, 0.29) is 11.9 Å². The summed E-state index contributed by atoms with van der Waals surface area (Å²) in [6, 6.07) is 15.0. The van der Waals surface area contributed by atoms with Crippen LogP contribution < -0.4 is 15.5 Å². The van der Waals surface area contributed by atoms with Crippen molar-refractivity contribution in [3.05, 3.63) is 65.2 Å². The van der Waals surface area contributed by atoms with Crippen molar-refractivity contribution in [3.63, 3.8) is 0 Å². The molecule has 23 heavy (non-hydrogen) atoms. The van der Waals surface area contributed by atoms with E-state index < -0.39 is 0 Å². The Kier molecular flexibility index (Phi) is 4.28. The Hall–Kier alpha value is -2.82. The summed E-state index contributed by atoms with van der Waals surface area (Å²) in [5.74, 6) is -0.121. The molecule has 1 heterocycles. The number of benzene rings is 2. The van der Waals surface area contributed by atoms with Crippen LogP contribution in [0.4, 0.5) is 10.5 Å². The van der Waals surface area contributed by atoms with Gasteiger partial charge in [0, 0.05) is 30.9 Å². The van der Waals surface area contributed by atoms with Gasteiger partial charge < -0.3 is 10.6 Å². The molecule has 2 N–H and O–H groups in total. The minimum atomic E-state index is -0.121. The maximum absolute atomic E-state index is 12.2. The van der Waals surface area contributed by atoms with Crippen LogP contribution in [0.1, 0.15) is 21.5 Å². The summed E-state index contributed by atoms with van der Waals surface area (Å²) < 4.78 is 0. The molecule has 0 saturated carbocycles. The third kappa shape index (κ3) is 3.51. The first-order valence-electron chi connectivity index (χ1n) is 7.63. The molecule has 1 aliphatic heterocycles. The van der Waals surface area contributed by atoms with Gasteiger partial charge in [-0.1, -0.05) is 29.8 Å². The fourth-order valence-corrected chi connectivity index (χ4v) is 2.62. The molecule has 0 unspecified atom stereocenters. The standard InChI is InChI=1S/C18H19N3O2/c1-13-3-2-4-14(11-13)12-20-17(22)15-5-7-16(8-6-15)21-10-9-19-18(21)23/h2-8,11H,9-10,12H2,1H3,(H,19,23)(H,20,22). The molecule has 5 nitrogen and oxygen atoms in total. The predicted molar refractivity (Wildman–Crippen MR) is 89.5 cm³/mol. The largest absolute Gasteiger partial charge is 0.348 e. The molecule has 0 aromatic heterocycles. The predicted octanol–water partition coefficient (Wildman–Crippen LogP) is 2.45. The lowest BCUT2D eigenvalue weighted by Gasteiger charge is -2.14. The molecule has 1 saturated heterocycles. The third-order valence-corrected chi connectivity index (χ3v) is 3.83. The van der Waals surface area contributed by atoms with Gasteiger partial charge in [-0.2, -0.15) is 0 Å². The fraction of sp³-hybridized carbons (Fsp3) is 0.222. The van der Waals surface area contributed by atoms with E-state index in [1.807, 2.05) is 25.1 Å². The van der Waals surface area contributed by atoms with Gasteiger partial charge >= 0.3 is 6.03 Å². The van der Waals surface area contributed by atoms with Crippen LogP contribution in [0.15, 0.2) is 48.5 Å². The molecule has 0 bridgehead atoms. The van der Waals surface area contributed by atoms with E-state index in [1.165, 1.54) is 5.56 Å². The van der Waals surface area contributed by atoms with Crippen LogP contribution in [0, 0.1) is 6.92 Å². The number of hydrogen-bond donors (Lipinski definition) is 2. The molecule has 0 radical (unpaired) electrons. The molecular weight excluding hydrogens is 290 g/mol. The highest BCUT2D eigenvalue weighted by Crippen LogP contribution is 2.17. The summed E-state index contributed by atoms with van der Waals surface area (Å²) >= 11 is 0. The lowest BCUT2D eigenvalue weighted by Crippen LogP contribution is -2.27. The molecule has 1 aliphatic rings. The highest BCUT2D eigenvalue weighted by molar-refractivity contribution is 5.96. The minimum absolute atomic E-state index is 0.0957. The maximum Gasteiger partial charge on any atom is 0.321 e. The van der Waals surface area contributed by atoms with Crippen molar-refractivity contribution in [3.8, 4) is 0 Å². The molecule has 0 aliphatic carbocycles. The Morgan fingerprint density at radius 1 is 1.22 bits per heavy atom. The van der Waals surface area contributed by atoms with Crippen molar-refractivity contribution in [2.75, 3.05) is 18.0 Å². The van der Waals surface area contributed by atoms with E-state index in [1.54, 1.807) is 29.2 Å². The van der Waals surface area contributed by atoms with Gasteiger partial charge in [0.05, 0.1) is 0 Å². The second-order valence-electron chi connectivity index (χ2n) is 5.60. The third-order valence-electron chi connectivity index (χ3n) is 3.83. The summed E-state index contributed by atoms with van der Waals surface area (Å²) in [6.07, 6.45) is 0. The smallest absolute Gasteiger partial charge is 0.321 e. The number of carbonyl (C=O) groups excluding carboxylic acids is 2. The van der Waals surface area contributed by atoms with E-state index in [0.717, 1.165) is 11.3 Å². The number of urea groups is 1. The van der Waals surface area contributed by atoms with Crippen molar-refractivity contribution in [2.45, 2.75) is 13.5 Å². The van der Waals surface area contributed by atoms with Crippen molar-refractivity contribution in [1.82, 2.24) is 10.6 Å². The maximum atomic E-state index is 12.2. The van der Waals surface area contributed by atoms with Gasteiger partial charge in [0.2, 0.25) is 0 Å². The van der Waals surface area contributed by atoms with Gasteiger partial charge in [0.1, 0.15) is 0 Å². The summed E-state index contributed by atoms with van der Waals surface area (Å²) in [5.41, 5.74) is 3.63. The van der Waals surface area contributed by atoms with E-state index in [2.05, 4.69) is 16.7 Å². The van der Waals surface area contributed by atoms with Crippen molar-refractivity contribution in [2.24, 2.45) is 0 Å². The number of nitrogens with zero attached hydrogens (tertiary/aromatic N) is 1. The molecule has 3 amide bonds. The van der Waals surface area contributed by atoms with Crippen LogP contribution in [-0.2, 0) is 6.54 Å². The van der Waals surface area contributed by atoms with Crippen LogP contribution in [0.5, 0.6) is 0 Å². The number of carbonyl (C=O) groups is 2. The zero-order chi connectivity index (χ0) is 16.2. The normalized spacial score (nSPS) is 13.8. The zero-order valence-electron chi connectivity index (χ0n) is 13.0. The Morgan fingerprint density at radius 3 is 2.65 bits per heavy atom. The van der Waals surface area contributed by atoms with Crippen LogP contribution in [0.25, 0.3) is 0 Å². The lowest BCUT2D eigenvalue weighted by atomic mass is 10.1. The van der Waals surface area contributed by atoms with Gasteiger partial charge in [0.15, 0.2) is 0 Å². The minimum Gasteiger partial charge on any atom is -0.348 e. The van der Waals surface area contributed by atoms with E-state index in [0.29, 0.717) is 25.2 Å². The molecule has 3 rings (SSSR count). The average molecular weight is 309 g/mol. The molecule has 0 spiro atoms. The molecule has 5 heteroatoms. The highest BCUT2D eigenvalue weighted by Gasteiger charge is 2.21. The number of anilines is 1. The van der Waals surface area contributed by atoms with Crippen molar-refractivity contribution in [1.29, 1.82) is 0 Å². The highest BCUT2D eigenvalue weighted by atomic mass is 16.2. The monoisotopic (exact) mass is 309 g/mol. The zero-order valence-corrected chi connectivity index (χ0v) is 13.0. The molecule has 0 atom stereocenters. The van der Waals surface area contributed by atoms with Gasteiger partial charge in [-0.05, 0) is 36.8 Å². The van der Waals surface area contributed by atoms with Gasteiger partial charge in [-0.15, -0.1) is 0 Å². The van der Waals surface area contributed by atoms with E-state index in [9.17, 15) is 9.59 Å². The van der Waals surface area contributed by atoms with Crippen molar-refractivity contribution >= 4 is 17.6 Å². The van der Waals surface area contributed by atoms with Crippen LogP contribution in [-0.4, -0.2) is 25.0 Å². The first kappa shape index (κ1) is 15.1. The second kappa shape index (κ2) is 6.52. The summed E-state index contributed by atoms with van der Waals surface area (Å²) in [4.78, 5) is 25.5. The van der Waals surface area contributed by atoms with E-state index in [4.69, 9.17) is 0 Å². The van der Waals surface area contributed by atoms with Gasteiger partial charge in [-0.25, -0.2) is 4.79 Å². The SMILES string of the molecule is Cc1cccc(CNC(=O)c2ccc(N3CCNC3=O)cc2)c1. The second-order valence-corrected chi connectivity index (χ2v) is 5.60. The summed E-state index contributed by atoms with van der Waals surface area (Å²) in [5, 5.41) is 5.66. The molecule has 2 aromatic rings. The fourth-order valence-electron chi connectivity index (χ4n) is 2.62.